The molecule has 0 bridgehead atoms. The van der Waals surface area contributed by atoms with E-state index in [1.54, 1.807) is 6.92 Å². The van der Waals surface area contributed by atoms with Crippen LogP contribution in [0.5, 0.6) is 0 Å². The number of hydrogen-bond donors (Lipinski definition) is 1. The van der Waals surface area contributed by atoms with Gasteiger partial charge in [-0.05, 0) is 43.5 Å². The fourth-order valence-electron chi connectivity index (χ4n) is 1.86. The number of ketones is 1. The summed E-state index contributed by atoms with van der Waals surface area (Å²) in [4.78, 5) is 11.7. The summed E-state index contributed by atoms with van der Waals surface area (Å²) in [5.41, 5.74) is 3.10. The van der Waals surface area contributed by atoms with Gasteiger partial charge in [0.1, 0.15) is 0 Å². The molecule has 1 aromatic rings. The molecule has 15 heavy (non-hydrogen) atoms. The molecule has 80 valence electrons. The number of carbonyl (C=O) groups excluding carboxylic acids is 1. The molecule has 0 saturated carbocycles. The number of anilines is 1. The average molecular weight is 224 g/mol. The van der Waals surface area contributed by atoms with Crippen molar-refractivity contribution < 1.29 is 4.79 Å². The third-order valence-electron chi connectivity index (χ3n) is 2.69. The third-order valence-corrected chi connectivity index (χ3v) is 2.89. The molecule has 0 fully saturated rings. The van der Waals surface area contributed by atoms with E-state index in [1.807, 2.05) is 18.2 Å². The largest absolute Gasteiger partial charge is 0.385 e. The van der Waals surface area contributed by atoms with E-state index in [9.17, 15) is 4.79 Å². The van der Waals surface area contributed by atoms with Crippen molar-refractivity contribution in [3.63, 3.8) is 0 Å². The quantitative estimate of drug-likeness (QED) is 0.617. The minimum atomic E-state index is -0.445. The first kappa shape index (κ1) is 10.5. The normalized spacial score (nSPS) is 16.4. The van der Waals surface area contributed by atoms with Gasteiger partial charge < -0.3 is 5.32 Å². The lowest BCUT2D eigenvalue weighted by molar-refractivity contribution is 0.0991. The maximum atomic E-state index is 11.7. The highest BCUT2D eigenvalue weighted by molar-refractivity contribution is 6.33. The number of fused-ring (bicyclic) bond motifs is 1. The van der Waals surface area contributed by atoms with Crippen LogP contribution in [0.3, 0.4) is 0 Å². The molecule has 0 aromatic heterocycles. The van der Waals surface area contributed by atoms with Gasteiger partial charge in [0.15, 0.2) is 5.78 Å². The van der Waals surface area contributed by atoms with E-state index < -0.39 is 5.38 Å². The molecule has 1 N–H and O–H groups in total. The van der Waals surface area contributed by atoms with Gasteiger partial charge in [-0.15, -0.1) is 11.6 Å². The van der Waals surface area contributed by atoms with Crippen LogP contribution in [0.25, 0.3) is 0 Å². The Hall–Kier alpha value is -1.02. The molecule has 1 aromatic carbocycles. The van der Waals surface area contributed by atoms with E-state index >= 15 is 0 Å². The van der Waals surface area contributed by atoms with Crippen molar-refractivity contribution in [2.24, 2.45) is 0 Å². The monoisotopic (exact) mass is 223 g/mol. The molecule has 1 unspecified atom stereocenters. The van der Waals surface area contributed by atoms with Gasteiger partial charge in [0, 0.05) is 17.8 Å². The minimum Gasteiger partial charge on any atom is -0.385 e. The summed E-state index contributed by atoms with van der Waals surface area (Å²) in [6.07, 6.45) is 2.17. The molecular weight excluding hydrogens is 210 g/mol. The summed E-state index contributed by atoms with van der Waals surface area (Å²) in [6, 6.07) is 5.78. The SMILES string of the molecule is CC(Cl)C(=O)c1ccc2c(c1)CCCN2. The van der Waals surface area contributed by atoms with Crippen LogP contribution >= 0.6 is 11.6 Å². The summed E-state index contributed by atoms with van der Waals surface area (Å²) >= 11 is 5.78. The van der Waals surface area contributed by atoms with Crippen LogP contribution in [0.2, 0.25) is 0 Å². The maximum absolute atomic E-state index is 11.7. The summed E-state index contributed by atoms with van der Waals surface area (Å²) < 4.78 is 0. The van der Waals surface area contributed by atoms with E-state index in [4.69, 9.17) is 11.6 Å². The zero-order valence-electron chi connectivity index (χ0n) is 8.72. The van der Waals surface area contributed by atoms with Crippen molar-refractivity contribution in [2.75, 3.05) is 11.9 Å². The van der Waals surface area contributed by atoms with Crippen molar-refractivity contribution in [1.82, 2.24) is 0 Å². The van der Waals surface area contributed by atoms with Gasteiger partial charge in [-0.1, -0.05) is 0 Å². The molecule has 1 atom stereocenters. The fourth-order valence-corrected chi connectivity index (χ4v) is 1.98. The van der Waals surface area contributed by atoms with Gasteiger partial charge in [0.2, 0.25) is 0 Å². The standard InChI is InChI=1S/C12H14ClNO/c1-8(13)12(15)10-4-5-11-9(7-10)3-2-6-14-11/h4-5,7-8,14H,2-3,6H2,1H3. The zero-order valence-corrected chi connectivity index (χ0v) is 9.47. The van der Waals surface area contributed by atoms with Crippen molar-refractivity contribution in [3.8, 4) is 0 Å². The Bertz CT molecular complexity index is 387. The summed E-state index contributed by atoms with van der Waals surface area (Å²) in [5, 5.41) is 2.87. The number of benzene rings is 1. The van der Waals surface area contributed by atoms with E-state index in [1.165, 1.54) is 5.56 Å². The van der Waals surface area contributed by atoms with Crippen LogP contribution in [-0.4, -0.2) is 17.7 Å². The van der Waals surface area contributed by atoms with Gasteiger partial charge in [0.05, 0.1) is 5.38 Å². The van der Waals surface area contributed by atoms with E-state index in [-0.39, 0.29) is 5.78 Å². The number of aryl methyl sites for hydroxylation is 1. The van der Waals surface area contributed by atoms with Crippen LogP contribution in [-0.2, 0) is 6.42 Å². The lowest BCUT2D eigenvalue weighted by Gasteiger charge is -2.18. The topological polar surface area (TPSA) is 29.1 Å². The number of Topliss-reactive ketones (excluding diaryl/α,β-unsaturated/α-hetero) is 1. The Balaban J connectivity index is 2.32. The highest BCUT2D eigenvalue weighted by Crippen LogP contribution is 2.23. The minimum absolute atomic E-state index is 0.00467. The second-order valence-corrected chi connectivity index (χ2v) is 4.54. The smallest absolute Gasteiger partial charge is 0.180 e. The van der Waals surface area contributed by atoms with Gasteiger partial charge in [0.25, 0.3) is 0 Å². The van der Waals surface area contributed by atoms with Crippen molar-refractivity contribution in [1.29, 1.82) is 0 Å². The van der Waals surface area contributed by atoms with Gasteiger partial charge in [-0.25, -0.2) is 0 Å². The number of rotatable bonds is 2. The van der Waals surface area contributed by atoms with Gasteiger partial charge >= 0.3 is 0 Å². The molecule has 2 rings (SSSR count). The highest BCUT2D eigenvalue weighted by atomic mass is 35.5. The maximum Gasteiger partial charge on any atom is 0.180 e. The zero-order chi connectivity index (χ0) is 10.8. The molecule has 0 aliphatic carbocycles. The number of carbonyl (C=O) groups is 1. The lowest BCUT2D eigenvalue weighted by atomic mass is 9.98. The van der Waals surface area contributed by atoms with Gasteiger partial charge in [-0.3, -0.25) is 4.79 Å². The Morgan fingerprint density at radius 2 is 2.33 bits per heavy atom. The predicted octanol–water partition coefficient (Wildman–Crippen LogP) is 2.85. The number of halogens is 1. The third kappa shape index (κ3) is 2.15. The van der Waals surface area contributed by atoms with Crippen LogP contribution in [0.4, 0.5) is 5.69 Å². The van der Waals surface area contributed by atoms with E-state index in [0.29, 0.717) is 0 Å². The van der Waals surface area contributed by atoms with Crippen LogP contribution < -0.4 is 5.32 Å². The molecule has 3 heteroatoms. The Kier molecular flexibility index (Phi) is 2.96. The first-order chi connectivity index (χ1) is 7.18. The van der Waals surface area contributed by atoms with Crippen LogP contribution in [0.15, 0.2) is 18.2 Å². The predicted molar refractivity (Wildman–Crippen MR) is 62.9 cm³/mol. The second kappa shape index (κ2) is 4.23. The highest BCUT2D eigenvalue weighted by Gasteiger charge is 2.15. The van der Waals surface area contributed by atoms with E-state index in [0.717, 1.165) is 30.6 Å². The molecule has 1 heterocycles. The number of hydrogen-bond acceptors (Lipinski definition) is 2. The molecule has 0 spiro atoms. The summed E-state index contributed by atoms with van der Waals surface area (Å²) in [7, 11) is 0. The summed E-state index contributed by atoms with van der Waals surface area (Å²) in [5.74, 6) is 0.00467. The second-order valence-electron chi connectivity index (χ2n) is 3.88. The molecule has 0 amide bonds. The number of nitrogens with one attached hydrogen (secondary N) is 1. The number of alkyl halides is 1. The Morgan fingerprint density at radius 3 is 3.07 bits per heavy atom. The Morgan fingerprint density at radius 1 is 1.53 bits per heavy atom. The molecule has 0 radical (unpaired) electrons. The molecule has 2 nitrogen and oxygen atoms in total. The van der Waals surface area contributed by atoms with Crippen molar-refractivity contribution in [2.45, 2.75) is 25.1 Å². The lowest BCUT2D eigenvalue weighted by Crippen LogP contribution is -2.15. The summed E-state index contributed by atoms with van der Waals surface area (Å²) in [6.45, 7) is 2.73. The first-order valence-electron chi connectivity index (χ1n) is 5.23. The molecule has 1 aliphatic heterocycles. The van der Waals surface area contributed by atoms with Crippen LogP contribution in [0.1, 0.15) is 29.3 Å². The van der Waals surface area contributed by atoms with Gasteiger partial charge in [-0.2, -0.15) is 0 Å². The first-order valence-corrected chi connectivity index (χ1v) is 5.67. The van der Waals surface area contributed by atoms with E-state index in [2.05, 4.69) is 5.32 Å². The average Bonchev–Trinajstić information content (AvgIpc) is 2.27. The molecule has 1 aliphatic rings. The van der Waals surface area contributed by atoms with Crippen LogP contribution in [0, 0.1) is 0 Å². The molecule has 0 saturated heterocycles. The fraction of sp³-hybridized carbons (Fsp3) is 0.417. The van der Waals surface area contributed by atoms with Crippen molar-refractivity contribution in [3.05, 3.63) is 29.3 Å². The Labute approximate surface area is 94.6 Å². The van der Waals surface area contributed by atoms with Crippen molar-refractivity contribution >= 4 is 23.1 Å². The molecular formula is C12H14ClNO.